The number of carboxylic acids is 1. The van der Waals surface area contributed by atoms with Gasteiger partial charge in [-0.2, -0.15) is 5.26 Å². The Morgan fingerprint density at radius 1 is 1.39 bits per heavy atom. The van der Waals surface area contributed by atoms with Gasteiger partial charge in [0.15, 0.2) is 5.75 Å². The van der Waals surface area contributed by atoms with Gasteiger partial charge in [-0.05, 0) is 23.8 Å². The third-order valence-corrected chi connectivity index (χ3v) is 2.91. The number of nitrogens with zero attached hydrogens (tertiary/aromatic N) is 1. The van der Waals surface area contributed by atoms with Gasteiger partial charge in [0.1, 0.15) is 0 Å². The first-order valence-electron chi connectivity index (χ1n) is 4.81. The van der Waals surface area contributed by atoms with Crippen LogP contribution in [0.2, 0.25) is 0 Å². The molecule has 0 bridgehead atoms. The molecule has 0 spiro atoms. The highest BCUT2D eigenvalue weighted by Crippen LogP contribution is 2.12. The molecule has 0 heterocycles. The summed E-state index contributed by atoms with van der Waals surface area (Å²) in [6.07, 6.45) is 2.37. The molecule has 0 aliphatic rings. The smallest absolute Gasteiger partial charge is 0.328 e. The average Bonchev–Trinajstić information content (AvgIpc) is 2.27. The highest BCUT2D eigenvalue weighted by Gasteiger charge is 2.08. The van der Waals surface area contributed by atoms with E-state index in [2.05, 4.69) is 4.72 Å². The van der Waals surface area contributed by atoms with Crippen molar-refractivity contribution in [3.8, 4) is 6.07 Å². The minimum absolute atomic E-state index is 0.317. The van der Waals surface area contributed by atoms with Gasteiger partial charge in [-0.25, -0.2) is 13.2 Å². The quantitative estimate of drug-likeness (QED) is 0.774. The van der Waals surface area contributed by atoms with E-state index in [9.17, 15) is 13.2 Å². The summed E-state index contributed by atoms with van der Waals surface area (Å²) in [5.41, 5.74) is 0.943. The molecule has 0 atom stereocenters. The lowest BCUT2D eigenvalue weighted by atomic mass is 10.2. The zero-order valence-electron chi connectivity index (χ0n) is 9.20. The van der Waals surface area contributed by atoms with E-state index in [-0.39, 0.29) is 0 Å². The van der Waals surface area contributed by atoms with Gasteiger partial charge in [0.2, 0.25) is 10.0 Å². The number of anilines is 1. The molecule has 1 rings (SSSR count). The fourth-order valence-corrected chi connectivity index (χ4v) is 1.87. The van der Waals surface area contributed by atoms with Gasteiger partial charge < -0.3 is 5.11 Å². The summed E-state index contributed by atoms with van der Waals surface area (Å²) in [4.78, 5) is 10.3. The van der Waals surface area contributed by atoms with Crippen molar-refractivity contribution in [3.63, 3.8) is 0 Å². The molecule has 0 aromatic heterocycles. The SMILES string of the molecule is N#CCS(=O)(=O)Nc1ccc(C=CC(=O)O)cc1. The first-order chi connectivity index (χ1) is 8.43. The molecule has 1 aromatic carbocycles. The topological polar surface area (TPSA) is 107 Å². The van der Waals surface area contributed by atoms with Crippen LogP contribution in [0, 0.1) is 11.3 Å². The largest absolute Gasteiger partial charge is 0.478 e. The first-order valence-corrected chi connectivity index (χ1v) is 6.47. The summed E-state index contributed by atoms with van der Waals surface area (Å²) in [6, 6.07) is 7.63. The van der Waals surface area contributed by atoms with E-state index in [1.165, 1.54) is 18.2 Å². The summed E-state index contributed by atoms with van der Waals surface area (Å²) < 4.78 is 24.8. The number of carboxylic acid groups (broad SMARTS) is 1. The van der Waals surface area contributed by atoms with Crippen LogP contribution in [0.5, 0.6) is 0 Å². The molecule has 2 N–H and O–H groups in total. The lowest BCUT2D eigenvalue weighted by Gasteiger charge is -2.04. The molecule has 6 nitrogen and oxygen atoms in total. The second-order valence-electron chi connectivity index (χ2n) is 3.31. The van der Waals surface area contributed by atoms with Crippen LogP contribution < -0.4 is 4.72 Å². The molecule has 0 saturated heterocycles. The van der Waals surface area contributed by atoms with Gasteiger partial charge in [-0.1, -0.05) is 12.1 Å². The average molecular weight is 266 g/mol. The lowest BCUT2D eigenvalue weighted by molar-refractivity contribution is -0.131. The highest BCUT2D eigenvalue weighted by atomic mass is 32.2. The zero-order chi connectivity index (χ0) is 13.6. The molecule has 0 radical (unpaired) electrons. The zero-order valence-corrected chi connectivity index (χ0v) is 10.0. The molecule has 0 aliphatic heterocycles. The second-order valence-corrected chi connectivity index (χ2v) is 5.04. The maximum atomic E-state index is 11.3. The summed E-state index contributed by atoms with van der Waals surface area (Å²) in [5, 5.41) is 16.7. The Hall–Kier alpha value is -2.33. The van der Waals surface area contributed by atoms with Gasteiger partial charge in [0.05, 0.1) is 6.07 Å². The van der Waals surface area contributed by atoms with Crippen molar-refractivity contribution in [1.82, 2.24) is 0 Å². The Morgan fingerprint density at radius 2 is 2.00 bits per heavy atom. The Morgan fingerprint density at radius 3 is 2.50 bits per heavy atom. The van der Waals surface area contributed by atoms with Crippen LogP contribution in [0.25, 0.3) is 6.08 Å². The summed E-state index contributed by atoms with van der Waals surface area (Å²) in [5.74, 6) is -1.68. The molecule has 18 heavy (non-hydrogen) atoms. The molecule has 0 amide bonds. The van der Waals surface area contributed by atoms with Crippen molar-refractivity contribution in [3.05, 3.63) is 35.9 Å². The van der Waals surface area contributed by atoms with Crippen molar-refractivity contribution in [2.75, 3.05) is 10.5 Å². The molecule has 0 aliphatic carbocycles. The fourth-order valence-electron chi connectivity index (χ4n) is 1.13. The molecule has 0 fully saturated rings. The molecule has 94 valence electrons. The van der Waals surface area contributed by atoms with Crippen molar-refractivity contribution in [2.45, 2.75) is 0 Å². The maximum Gasteiger partial charge on any atom is 0.328 e. The predicted molar refractivity (Wildman–Crippen MR) is 66.1 cm³/mol. The molecule has 0 saturated carbocycles. The molecule has 1 aromatic rings. The van der Waals surface area contributed by atoms with Crippen LogP contribution in [0.4, 0.5) is 5.69 Å². The lowest BCUT2D eigenvalue weighted by Crippen LogP contribution is -2.15. The number of rotatable bonds is 5. The van der Waals surface area contributed by atoms with Gasteiger partial charge >= 0.3 is 5.97 Å². The van der Waals surface area contributed by atoms with Gasteiger partial charge in [0.25, 0.3) is 0 Å². The normalized spacial score (nSPS) is 11.1. The van der Waals surface area contributed by atoms with Crippen molar-refractivity contribution < 1.29 is 18.3 Å². The second kappa shape index (κ2) is 5.84. The standard InChI is InChI=1S/C11H10N2O4S/c12-7-8-18(16,17)13-10-4-1-9(2-5-10)3-6-11(14)15/h1-6,13H,8H2,(H,14,15). The minimum Gasteiger partial charge on any atom is -0.478 e. The van der Waals surface area contributed by atoms with E-state index in [4.69, 9.17) is 10.4 Å². The number of benzene rings is 1. The van der Waals surface area contributed by atoms with Crippen LogP contribution in [0.3, 0.4) is 0 Å². The third-order valence-electron chi connectivity index (χ3n) is 1.86. The van der Waals surface area contributed by atoms with Crippen LogP contribution in [-0.2, 0) is 14.8 Å². The van der Waals surface area contributed by atoms with Gasteiger partial charge in [-0.15, -0.1) is 0 Å². The van der Waals surface area contributed by atoms with Crippen LogP contribution in [-0.4, -0.2) is 25.2 Å². The van der Waals surface area contributed by atoms with E-state index in [1.54, 1.807) is 18.2 Å². The Bertz CT molecular complexity index is 597. The van der Waals surface area contributed by atoms with Crippen LogP contribution in [0.1, 0.15) is 5.56 Å². The monoisotopic (exact) mass is 266 g/mol. The summed E-state index contributed by atoms with van der Waals surface area (Å²) >= 11 is 0. The maximum absolute atomic E-state index is 11.3. The molecular formula is C11H10N2O4S. The number of carbonyl (C=O) groups is 1. The van der Waals surface area contributed by atoms with E-state index in [0.717, 1.165) is 6.08 Å². The fraction of sp³-hybridized carbons (Fsp3) is 0.0909. The molecule has 7 heteroatoms. The number of sulfonamides is 1. The van der Waals surface area contributed by atoms with Gasteiger partial charge in [-0.3, -0.25) is 4.72 Å². The van der Waals surface area contributed by atoms with Crippen molar-refractivity contribution in [2.24, 2.45) is 0 Å². The third kappa shape index (κ3) is 4.67. The van der Waals surface area contributed by atoms with E-state index >= 15 is 0 Å². The Labute approximate surface area is 104 Å². The number of nitrogens with one attached hydrogen (secondary N) is 1. The van der Waals surface area contributed by atoms with Crippen molar-refractivity contribution >= 4 is 27.8 Å². The van der Waals surface area contributed by atoms with Crippen molar-refractivity contribution in [1.29, 1.82) is 5.26 Å². The Balaban J connectivity index is 2.78. The minimum atomic E-state index is -3.65. The highest BCUT2D eigenvalue weighted by molar-refractivity contribution is 7.92. The number of hydrogen-bond donors (Lipinski definition) is 2. The first kappa shape index (κ1) is 13.7. The van der Waals surface area contributed by atoms with Gasteiger partial charge in [0, 0.05) is 11.8 Å². The van der Waals surface area contributed by atoms with E-state index in [0.29, 0.717) is 11.3 Å². The Kier molecular flexibility index (Phi) is 4.45. The molecular weight excluding hydrogens is 256 g/mol. The van der Waals surface area contributed by atoms with E-state index < -0.39 is 21.7 Å². The van der Waals surface area contributed by atoms with E-state index in [1.807, 2.05) is 0 Å². The number of aliphatic carboxylic acids is 1. The van der Waals surface area contributed by atoms with Crippen LogP contribution >= 0.6 is 0 Å². The molecule has 0 unspecified atom stereocenters. The number of nitriles is 1. The summed E-state index contributed by atoms with van der Waals surface area (Å²) in [6.45, 7) is 0. The summed E-state index contributed by atoms with van der Waals surface area (Å²) in [7, 11) is -3.65. The van der Waals surface area contributed by atoms with Crippen LogP contribution in [0.15, 0.2) is 30.3 Å². The number of hydrogen-bond acceptors (Lipinski definition) is 4. The predicted octanol–water partition coefficient (Wildman–Crippen LogP) is 1.05.